The number of hydrogen-bond donors (Lipinski definition) is 1. The standard InChI is InChI=1S/C12H16F3N3/c1-2-3-4-10-17-9-5-6-16-7-8(9)11(18-10)12(13,14)15/h16H,2-7H2,1H3. The molecule has 2 heterocycles. The zero-order valence-electron chi connectivity index (χ0n) is 10.3. The first-order valence-corrected chi connectivity index (χ1v) is 6.19. The highest BCUT2D eigenvalue weighted by atomic mass is 19.4. The van der Waals surface area contributed by atoms with Crippen LogP contribution in [0.5, 0.6) is 0 Å². The Morgan fingerprint density at radius 2 is 2.06 bits per heavy atom. The van der Waals surface area contributed by atoms with E-state index in [1.807, 2.05) is 6.92 Å². The highest BCUT2D eigenvalue weighted by molar-refractivity contribution is 5.30. The number of nitrogens with one attached hydrogen (secondary N) is 1. The fourth-order valence-electron chi connectivity index (χ4n) is 2.08. The van der Waals surface area contributed by atoms with E-state index in [1.165, 1.54) is 0 Å². The van der Waals surface area contributed by atoms with Crippen molar-refractivity contribution in [2.45, 2.75) is 45.3 Å². The SMILES string of the molecule is CCCCc1nc2c(c(C(F)(F)F)n1)CNCC2. The van der Waals surface area contributed by atoms with Crippen LogP contribution in [0.3, 0.4) is 0 Å². The molecule has 0 radical (unpaired) electrons. The minimum absolute atomic E-state index is 0.207. The summed E-state index contributed by atoms with van der Waals surface area (Å²) in [4.78, 5) is 7.99. The molecular formula is C12H16F3N3. The first-order chi connectivity index (χ1) is 8.52. The summed E-state index contributed by atoms with van der Waals surface area (Å²) in [5.41, 5.74) is 0.0157. The van der Waals surface area contributed by atoms with Crippen LogP contribution in [0.15, 0.2) is 0 Å². The van der Waals surface area contributed by atoms with Gasteiger partial charge in [-0.15, -0.1) is 0 Å². The van der Waals surface area contributed by atoms with E-state index in [4.69, 9.17) is 0 Å². The van der Waals surface area contributed by atoms with Gasteiger partial charge in [-0.25, -0.2) is 9.97 Å². The highest BCUT2D eigenvalue weighted by Crippen LogP contribution is 2.32. The molecule has 0 unspecified atom stereocenters. The van der Waals surface area contributed by atoms with E-state index < -0.39 is 11.9 Å². The Kier molecular flexibility index (Phi) is 3.85. The van der Waals surface area contributed by atoms with Crippen molar-refractivity contribution in [2.75, 3.05) is 6.54 Å². The predicted molar refractivity (Wildman–Crippen MR) is 61.1 cm³/mol. The number of rotatable bonds is 3. The zero-order valence-corrected chi connectivity index (χ0v) is 10.3. The van der Waals surface area contributed by atoms with E-state index in [0.29, 0.717) is 30.9 Å². The number of hydrogen-bond acceptors (Lipinski definition) is 3. The van der Waals surface area contributed by atoms with Gasteiger partial charge in [-0.05, 0) is 6.42 Å². The summed E-state index contributed by atoms with van der Waals surface area (Å²) in [5, 5.41) is 2.94. The molecule has 1 aromatic rings. The molecule has 0 atom stereocenters. The van der Waals surface area contributed by atoms with Crippen LogP contribution >= 0.6 is 0 Å². The van der Waals surface area contributed by atoms with Crippen molar-refractivity contribution in [3.05, 3.63) is 22.8 Å². The molecule has 3 nitrogen and oxygen atoms in total. The molecule has 0 bridgehead atoms. The first kappa shape index (κ1) is 13.3. The molecule has 1 aliphatic heterocycles. The molecule has 0 saturated carbocycles. The topological polar surface area (TPSA) is 37.8 Å². The van der Waals surface area contributed by atoms with Gasteiger partial charge in [-0.3, -0.25) is 0 Å². The van der Waals surface area contributed by atoms with Crippen LogP contribution in [0, 0.1) is 0 Å². The van der Waals surface area contributed by atoms with Gasteiger partial charge >= 0.3 is 6.18 Å². The molecule has 6 heteroatoms. The molecule has 0 aromatic carbocycles. The lowest BCUT2D eigenvalue weighted by molar-refractivity contribution is -0.142. The summed E-state index contributed by atoms with van der Waals surface area (Å²) in [6, 6.07) is 0. The molecule has 0 saturated heterocycles. The summed E-state index contributed by atoms with van der Waals surface area (Å²) in [5.74, 6) is 0.324. The van der Waals surface area contributed by atoms with Crippen molar-refractivity contribution < 1.29 is 13.2 Å². The summed E-state index contributed by atoms with van der Waals surface area (Å²) in [6.07, 6.45) is -1.61. The Balaban J connectivity index is 2.41. The number of alkyl halides is 3. The largest absolute Gasteiger partial charge is 0.433 e. The van der Waals surface area contributed by atoms with Gasteiger partial charge in [-0.1, -0.05) is 13.3 Å². The Bertz CT molecular complexity index is 429. The predicted octanol–water partition coefficient (Wildman–Crippen LogP) is 2.48. The van der Waals surface area contributed by atoms with Gasteiger partial charge in [-0.2, -0.15) is 13.2 Å². The van der Waals surface area contributed by atoms with Gasteiger partial charge in [0.2, 0.25) is 0 Å². The van der Waals surface area contributed by atoms with E-state index in [9.17, 15) is 13.2 Å². The lowest BCUT2D eigenvalue weighted by Crippen LogP contribution is -2.29. The Morgan fingerprint density at radius 3 is 2.72 bits per heavy atom. The number of fused-ring (bicyclic) bond motifs is 1. The van der Waals surface area contributed by atoms with Gasteiger partial charge in [0, 0.05) is 31.5 Å². The van der Waals surface area contributed by atoms with Gasteiger partial charge in [0.15, 0.2) is 5.69 Å². The Hall–Kier alpha value is -1.17. The Morgan fingerprint density at radius 1 is 1.28 bits per heavy atom. The number of nitrogens with zero attached hydrogens (tertiary/aromatic N) is 2. The minimum atomic E-state index is -4.40. The van der Waals surface area contributed by atoms with Crippen LogP contribution in [0.1, 0.15) is 42.5 Å². The molecular weight excluding hydrogens is 243 g/mol. The second-order valence-electron chi connectivity index (χ2n) is 4.44. The lowest BCUT2D eigenvalue weighted by Gasteiger charge is -2.21. The molecule has 100 valence electrons. The summed E-state index contributed by atoms with van der Waals surface area (Å²) < 4.78 is 38.9. The van der Waals surface area contributed by atoms with Gasteiger partial charge < -0.3 is 5.32 Å². The van der Waals surface area contributed by atoms with Crippen LogP contribution in [-0.4, -0.2) is 16.5 Å². The van der Waals surface area contributed by atoms with E-state index >= 15 is 0 Å². The maximum Gasteiger partial charge on any atom is 0.433 e. The highest BCUT2D eigenvalue weighted by Gasteiger charge is 2.37. The molecule has 1 N–H and O–H groups in total. The molecule has 0 aliphatic carbocycles. The molecule has 18 heavy (non-hydrogen) atoms. The summed E-state index contributed by atoms with van der Waals surface area (Å²) >= 11 is 0. The van der Waals surface area contributed by atoms with Crippen LogP contribution in [0.2, 0.25) is 0 Å². The van der Waals surface area contributed by atoms with E-state index in [2.05, 4.69) is 15.3 Å². The normalized spacial score (nSPS) is 15.6. The molecule has 0 fully saturated rings. The van der Waals surface area contributed by atoms with Crippen molar-refractivity contribution in [3.8, 4) is 0 Å². The fraction of sp³-hybridized carbons (Fsp3) is 0.667. The summed E-state index contributed by atoms with van der Waals surface area (Å²) in [6.45, 7) is 2.87. The van der Waals surface area contributed by atoms with Crippen LogP contribution in [0.25, 0.3) is 0 Å². The molecule has 1 aliphatic rings. The average Bonchev–Trinajstić information content (AvgIpc) is 2.34. The maximum absolute atomic E-state index is 13.0. The number of halogens is 3. The van der Waals surface area contributed by atoms with Gasteiger partial charge in [0.25, 0.3) is 0 Å². The van der Waals surface area contributed by atoms with Crippen molar-refractivity contribution in [3.63, 3.8) is 0 Å². The third kappa shape index (κ3) is 2.80. The van der Waals surface area contributed by atoms with E-state index in [1.54, 1.807) is 0 Å². The summed E-state index contributed by atoms with van der Waals surface area (Å²) in [7, 11) is 0. The van der Waals surface area contributed by atoms with Crippen molar-refractivity contribution in [1.29, 1.82) is 0 Å². The second-order valence-corrected chi connectivity index (χ2v) is 4.44. The van der Waals surface area contributed by atoms with Crippen molar-refractivity contribution in [2.24, 2.45) is 0 Å². The maximum atomic E-state index is 13.0. The molecule has 0 amide bonds. The van der Waals surface area contributed by atoms with Crippen molar-refractivity contribution >= 4 is 0 Å². The van der Waals surface area contributed by atoms with Crippen molar-refractivity contribution in [1.82, 2.24) is 15.3 Å². The molecule has 2 rings (SSSR count). The molecule has 0 spiro atoms. The van der Waals surface area contributed by atoms with Crippen LogP contribution < -0.4 is 5.32 Å². The van der Waals surface area contributed by atoms with Crippen LogP contribution in [-0.2, 0) is 25.6 Å². The number of aryl methyl sites for hydroxylation is 1. The van der Waals surface area contributed by atoms with E-state index in [0.717, 1.165) is 12.8 Å². The van der Waals surface area contributed by atoms with E-state index in [-0.39, 0.29) is 12.1 Å². The quantitative estimate of drug-likeness (QED) is 0.906. The van der Waals surface area contributed by atoms with Gasteiger partial charge in [0.1, 0.15) is 5.82 Å². The first-order valence-electron chi connectivity index (χ1n) is 6.19. The van der Waals surface area contributed by atoms with Crippen LogP contribution in [0.4, 0.5) is 13.2 Å². The third-order valence-corrected chi connectivity index (χ3v) is 3.00. The second kappa shape index (κ2) is 5.22. The number of unbranched alkanes of at least 4 members (excludes halogenated alkanes) is 1. The average molecular weight is 259 g/mol. The smallest absolute Gasteiger partial charge is 0.312 e. The third-order valence-electron chi connectivity index (χ3n) is 3.00. The zero-order chi connectivity index (χ0) is 13.2. The van der Waals surface area contributed by atoms with Gasteiger partial charge in [0.05, 0.1) is 5.69 Å². The monoisotopic (exact) mass is 259 g/mol. The molecule has 1 aromatic heterocycles. The fourth-order valence-corrected chi connectivity index (χ4v) is 2.08. The minimum Gasteiger partial charge on any atom is -0.312 e. The number of aromatic nitrogens is 2. The lowest BCUT2D eigenvalue weighted by atomic mass is 10.0. The Labute approximate surface area is 104 Å².